The first kappa shape index (κ1) is 21.3. The number of fused-ring (bicyclic) bond motifs is 2. The molecule has 1 unspecified atom stereocenters. The van der Waals surface area contributed by atoms with Crippen LogP contribution in [0.4, 0.5) is 4.79 Å². The minimum Gasteiger partial charge on any atom is -0.412 e. The van der Waals surface area contributed by atoms with Crippen LogP contribution in [0.5, 0.6) is 5.75 Å². The van der Waals surface area contributed by atoms with Crippen molar-refractivity contribution in [2.75, 3.05) is 6.54 Å². The van der Waals surface area contributed by atoms with Gasteiger partial charge in [0.2, 0.25) is 0 Å². The zero-order valence-corrected chi connectivity index (χ0v) is 19.1. The number of amides is 3. The van der Waals surface area contributed by atoms with Gasteiger partial charge in [0.15, 0.2) is 5.54 Å². The van der Waals surface area contributed by atoms with Gasteiger partial charge in [-0.25, -0.2) is 9.78 Å². The molecule has 2 aliphatic rings. The molecule has 176 valence electrons. The SMILES string of the molecule is CC1c2cc(ON)ccc2CN1C[C@@]1(c2ccc(-c3cnc4ccccn34)cc2)NC(=O)NC1=O. The molecule has 1 saturated heterocycles. The van der Waals surface area contributed by atoms with Crippen LogP contribution in [0.3, 0.4) is 0 Å². The Kier molecular flexibility index (Phi) is 4.84. The van der Waals surface area contributed by atoms with Gasteiger partial charge in [-0.05, 0) is 47.9 Å². The second-order valence-corrected chi connectivity index (χ2v) is 9.02. The lowest BCUT2D eigenvalue weighted by atomic mass is 9.88. The molecule has 0 saturated carbocycles. The van der Waals surface area contributed by atoms with E-state index in [1.54, 1.807) is 0 Å². The lowest BCUT2D eigenvalue weighted by Crippen LogP contribution is -2.52. The van der Waals surface area contributed by atoms with Crippen LogP contribution in [0, 0.1) is 0 Å². The molecular weight excluding hydrogens is 444 g/mol. The molecule has 4 heterocycles. The summed E-state index contributed by atoms with van der Waals surface area (Å²) in [6.45, 7) is 3.03. The number of hydrogen-bond donors (Lipinski definition) is 3. The van der Waals surface area contributed by atoms with Crippen molar-refractivity contribution in [2.24, 2.45) is 5.90 Å². The van der Waals surface area contributed by atoms with E-state index in [0.29, 0.717) is 24.4 Å². The van der Waals surface area contributed by atoms with Crippen LogP contribution in [0.25, 0.3) is 16.9 Å². The third-order valence-corrected chi connectivity index (χ3v) is 7.10. The van der Waals surface area contributed by atoms with Gasteiger partial charge < -0.3 is 10.2 Å². The highest BCUT2D eigenvalue weighted by Gasteiger charge is 2.50. The lowest BCUT2D eigenvalue weighted by molar-refractivity contribution is -0.125. The molecule has 4 aromatic rings. The van der Waals surface area contributed by atoms with Crippen molar-refractivity contribution in [3.63, 3.8) is 0 Å². The lowest BCUT2D eigenvalue weighted by Gasteiger charge is -2.33. The first-order chi connectivity index (χ1) is 17.0. The summed E-state index contributed by atoms with van der Waals surface area (Å²) in [7, 11) is 0. The van der Waals surface area contributed by atoms with E-state index >= 15 is 0 Å². The van der Waals surface area contributed by atoms with Gasteiger partial charge in [-0.15, -0.1) is 0 Å². The van der Waals surface area contributed by atoms with Gasteiger partial charge >= 0.3 is 6.03 Å². The van der Waals surface area contributed by atoms with Crippen molar-refractivity contribution < 1.29 is 14.4 Å². The van der Waals surface area contributed by atoms with E-state index in [2.05, 4.69) is 27.4 Å². The van der Waals surface area contributed by atoms with Crippen molar-refractivity contribution in [3.8, 4) is 17.0 Å². The largest absolute Gasteiger partial charge is 0.412 e. The molecule has 0 spiro atoms. The van der Waals surface area contributed by atoms with Gasteiger partial charge in [0.25, 0.3) is 5.91 Å². The Hall–Kier alpha value is -4.21. The van der Waals surface area contributed by atoms with Crippen LogP contribution in [-0.4, -0.2) is 32.8 Å². The fourth-order valence-electron chi connectivity index (χ4n) is 5.20. The summed E-state index contributed by atoms with van der Waals surface area (Å²) in [5.74, 6) is 5.57. The number of benzene rings is 2. The molecule has 4 N–H and O–H groups in total. The normalized spacial score (nSPS) is 21.7. The number of pyridine rings is 1. The number of imidazole rings is 1. The number of hydrogen-bond acceptors (Lipinski definition) is 6. The first-order valence-electron chi connectivity index (χ1n) is 11.4. The summed E-state index contributed by atoms with van der Waals surface area (Å²) in [6.07, 6.45) is 3.79. The number of aromatic nitrogens is 2. The molecule has 35 heavy (non-hydrogen) atoms. The van der Waals surface area contributed by atoms with Crippen LogP contribution in [0.15, 0.2) is 73.1 Å². The van der Waals surface area contributed by atoms with E-state index in [1.165, 1.54) is 0 Å². The predicted octanol–water partition coefficient (Wildman–Crippen LogP) is 2.87. The minimum atomic E-state index is -1.21. The molecule has 0 bridgehead atoms. The maximum atomic E-state index is 13.2. The zero-order valence-electron chi connectivity index (χ0n) is 19.1. The Morgan fingerprint density at radius 3 is 2.71 bits per heavy atom. The van der Waals surface area contributed by atoms with E-state index in [4.69, 9.17) is 10.7 Å². The molecule has 2 aliphatic heterocycles. The standard InChI is InChI=1S/C26H24N6O3/c1-16-21-12-20(35-27)10-7-18(21)14-31(16)15-26(24(33)29-25(34)30-26)19-8-5-17(6-9-19)22-13-28-23-4-2-3-11-32(22)23/h2-13,16H,14-15,27H2,1H3,(H2,29,30,33,34)/t16?,26-/m0/s1. The average molecular weight is 469 g/mol. The molecule has 1 fully saturated rings. The minimum absolute atomic E-state index is 0.0136. The van der Waals surface area contributed by atoms with Crippen LogP contribution in [-0.2, 0) is 16.9 Å². The Bertz CT molecular complexity index is 1460. The predicted molar refractivity (Wildman–Crippen MR) is 129 cm³/mol. The molecule has 2 aromatic heterocycles. The topological polar surface area (TPSA) is 114 Å². The summed E-state index contributed by atoms with van der Waals surface area (Å²) >= 11 is 0. The molecule has 9 nitrogen and oxygen atoms in total. The summed E-state index contributed by atoms with van der Waals surface area (Å²) in [4.78, 5) is 37.0. The monoisotopic (exact) mass is 468 g/mol. The number of nitrogens with one attached hydrogen (secondary N) is 2. The smallest absolute Gasteiger partial charge is 0.322 e. The molecule has 2 aromatic carbocycles. The fourth-order valence-corrected chi connectivity index (χ4v) is 5.20. The van der Waals surface area contributed by atoms with Gasteiger partial charge in [0, 0.05) is 30.9 Å². The van der Waals surface area contributed by atoms with E-state index in [-0.39, 0.29) is 11.9 Å². The second kappa shape index (κ2) is 7.93. The Morgan fingerprint density at radius 1 is 1.14 bits per heavy atom. The van der Waals surface area contributed by atoms with Crippen molar-refractivity contribution in [2.45, 2.75) is 25.0 Å². The summed E-state index contributed by atoms with van der Waals surface area (Å²) in [5, 5.41) is 5.35. The highest BCUT2D eigenvalue weighted by atomic mass is 16.6. The average Bonchev–Trinajstić information content (AvgIpc) is 3.53. The number of rotatable bonds is 5. The van der Waals surface area contributed by atoms with Gasteiger partial charge in [0.1, 0.15) is 11.4 Å². The van der Waals surface area contributed by atoms with Crippen LogP contribution in [0.1, 0.15) is 29.7 Å². The summed E-state index contributed by atoms with van der Waals surface area (Å²) in [6, 6.07) is 18.8. The highest BCUT2D eigenvalue weighted by Crippen LogP contribution is 2.39. The molecule has 9 heteroatoms. The van der Waals surface area contributed by atoms with Gasteiger partial charge in [0.05, 0.1) is 11.9 Å². The van der Waals surface area contributed by atoms with Gasteiger partial charge in [-0.3, -0.25) is 19.4 Å². The molecule has 6 rings (SSSR count). The maximum Gasteiger partial charge on any atom is 0.322 e. The molecular formula is C26H24N6O3. The second-order valence-electron chi connectivity index (χ2n) is 9.02. The summed E-state index contributed by atoms with van der Waals surface area (Å²) < 4.78 is 2.01. The van der Waals surface area contributed by atoms with Crippen LogP contribution < -0.4 is 21.4 Å². The number of imide groups is 1. The molecule has 2 atom stereocenters. The number of nitrogens with two attached hydrogens (primary N) is 1. The Labute approximate surface area is 201 Å². The Balaban J connectivity index is 1.34. The third-order valence-electron chi connectivity index (χ3n) is 7.10. The zero-order chi connectivity index (χ0) is 24.2. The van der Waals surface area contributed by atoms with Crippen LogP contribution >= 0.6 is 0 Å². The van der Waals surface area contributed by atoms with Crippen molar-refractivity contribution in [3.05, 3.63) is 89.7 Å². The van der Waals surface area contributed by atoms with E-state index in [1.807, 2.05) is 77.5 Å². The van der Waals surface area contributed by atoms with Gasteiger partial charge in [-0.2, -0.15) is 5.90 Å². The Morgan fingerprint density at radius 2 is 1.97 bits per heavy atom. The van der Waals surface area contributed by atoms with Crippen molar-refractivity contribution in [1.29, 1.82) is 0 Å². The first-order valence-corrected chi connectivity index (χ1v) is 11.4. The maximum absolute atomic E-state index is 13.2. The molecule has 0 radical (unpaired) electrons. The number of urea groups is 1. The van der Waals surface area contributed by atoms with E-state index in [0.717, 1.165) is 28.0 Å². The molecule has 0 aliphatic carbocycles. The van der Waals surface area contributed by atoms with Crippen molar-refractivity contribution in [1.82, 2.24) is 24.9 Å². The van der Waals surface area contributed by atoms with Gasteiger partial charge in [-0.1, -0.05) is 36.4 Å². The highest BCUT2D eigenvalue weighted by molar-refractivity contribution is 6.07. The third kappa shape index (κ3) is 3.36. The fraction of sp³-hybridized carbons (Fsp3) is 0.192. The van der Waals surface area contributed by atoms with E-state index in [9.17, 15) is 9.59 Å². The molecule has 3 amide bonds. The quantitative estimate of drug-likeness (QED) is 0.307. The number of carbonyl (C=O) groups is 2. The van der Waals surface area contributed by atoms with Crippen LogP contribution in [0.2, 0.25) is 0 Å². The van der Waals surface area contributed by atoms with Crippen molar-refractivity contribution >= 4 is 17.6 Å². The summed E-state index contributed by atoms with van der Waals surface area (Å²) in [5.41, 5.74) is 4.51. The van der Waals surface area contributed by atoms with E-state index < -0.39 is 11.6 Å². The number of nitrogens with zero attached hydrogens (tertiary/aromatic N) is 3. The number of carbonyl (C=O) groups excluding carboxylic acids is 2.